The summed E-state index contributed by atoms with van der Waals surface area (Å²) in [6, 6.07) is 5.31. The Morgan fingerprint density at radius 3 is 2.44 bits per heavy atom. The van der Waals surface area contributed by atoms with Crippen molar-refractivity contribution in [2.45, 2.75) is 45.6 Å². The highest BCUT2D eigenvalue weighted by atomic mass is 32.1. The topological polar surface area (TPSA) is 56.9 Å². The number of allylic oxidation sites excluding steroid dienone is 5. The molecule has 1 aromatic carbocycles. The summed E-state index contributed by atoms with van der Waals surface area (Å²) in [4.78, 5) is 4.02. The summed E-state index contributed by atoms with van der Waals surface area (Å²) < 4.78 is 67.1. The van der Waals surface area contributed by atoms with Gasteiger partial charge in [-0.05, 0) is 56.8 Å². The number of hydrogen-bond donors (Lipinski definition) is 2. The summed E-state index contributed by atoms with van der Waals surface area (Å²) >= 11 is 4.61. The molecule has 0 radical (unpaired) electrons. The highest BCUT2D eigenvalue weighted by molar-refractivity contribution is 7.80. The molecular formula is C23H28F5N5S. The number of nitrogens with zero attached hydrogens (tertiary/aromatic N) is 3. The molecule has 0 saturated carbocycles. The Balaban J connectivity index is 2.10. The molecule has 0 spiro atoms. The van der Waals surface area contributed by atoms with E-state index in [1.54, 1.807) is 12.3 Å². The molecule has 1 aromatic rings. The van der Waals surface area contributed by atoms with E-state index in [-0.39, 0.29) is 22.8 Å². The van der Waals surface area contributed by atoms with Crippen molar-refractivity contribution in [1.82, 2.24) is 15.2 Å². The van der Waals surface area contributed by atoms with Crippen LogP contribution in [0.1, 0.15) is 31.9 Å². The maximum Gasteiger partial charge on any atom is 0.416 e. The molecule has 1 fully saturated rings. The molecule has 2 rings (SSSR count). The highest BCUT2D eigenvalue weighted by Crippen LogP contribution is 2.30. The molecule has 1 saturated heterocycles. The average Bonchev–Trinajstić information content (AvgIpc) is 2.73. The normalized spacial score (nSPS) is 21.3. The smallest absolute Gasteiger partial charge is 0.375 e. The van der Waals surface area contributed by atoms with Crippen molar-refractivity contribution in [3.8, 4) is 0 Å². The molecule has 0 aliphatic carbocycles. The van der Waals surface area contributed by atoms with Gasteiger partial charge in [0.1, 0.15) is 5.83 Å². The van der Waals surface area contributed by atoms with Gasteiger partial charge in [0.15, 0.2) is 5.11 Å². The van der Waals surface area contributed by atoms with Crippen LogP contribution in [0.3, 0.4) is 0 Å². The molecule has 11 heteroatoms. The molecule has 0 aromatic heterocycles. The molecule has 0 bridgehead atoms. The Bertz CT molecular complexity index is 970. The van der Waals surface area contributed by atoms with Gasteiger partial charge >= 0.3 is 6.18 Å². The summed E-state index contributed by atoms with van der Waals surface area (Å²) in [7, 11) is 0. The summed E-state index contributed by atoms with van der Waals surface area (Å²) in [5, 5.41) is 3.55. The number of thiocarbonyl (C=S) groups is 1. The Morgan fingerprint density at radius 2 is 1.88 bits per heavy atom. The lowest BCUT2D eigenvalue weighted by Crippen LogP contribution is -2.54. The minimum absolute atomic E-state index is 0.00114. The molecule has 186 valence electrons. The van der Waals surface area contributed by atoms with Crippen LogP contribution in [-0.4, -0.2) is 46.3 Å². The van der Waals surface area contributed by atoms with Crippen molar-refractivity contribution in [2.24, 2.45) is 10.8 Å². The van der Waals surface area contributed by atoms with Gasteiger partial charge in [-0.15, -0.1) is 0 Å². The van der Waals surface area contributed by atoms with Crippen molar-refractivity contribution < 1.29 is 22.0 Å². The molecule has 1 heterocycles. The minimum atomic E-state index is -4.39. The zero-order chi connectivity index (χ0) is 25.5. The van der Waals surface area contributed by atoms with Gasteiger partial charge in [-0.3, -0.25) is 10.3 Å². The molecule has 1 aliphatic rings. The zero-order valence-corrected chi connectivity index (χ0v) is 19.9. The lowest BCUT2D eigenvalue weighted by molar-refractivity contribution is -0.137. The van der Waals surface area contributed by atoms with Crippen LogP contribution >= 0.6 is 12.2 Å². The summed E-state index contributed by atoms with van der Waals surface area (Å²) in [6.45, 7) is 6.55. The van der Waals surface area contributed by atoms with Gasteiger partial charge in [0.25, 0.3) is 0 Å². The molecule has 34 heavy (non-hydrogen) atoms. The number of nitrogens with one attached hydrogen (secondary N) is 1. The second-order valence-corrected chi connectivity index (χ2v) is 8.55. The fourth-order valence-electron chi connectivity index (χ4n) is 3.70. The van der Waals surface area contributed by atoms with Gasteiger partial charge in [-0.2, -0.15) is 18.3 Å². The van der Waals surface area contributed by atoms with Gasteiger partial charge in [0.2, 0.25) is 0 Å². The van der Waals surface area contributed by atoms with E-state index in [2.05, 4.69) is 27.6 Å². The Hall–Kier alpha value is -2.79. The first-order chi connectivity index (χ1) is 15.9. The van der Waals surface area contributed by atoms with Crippen molar-refractivity contribution >= 4 is 23.5 Å². The number of rotatable bonds is 7. The van der Waals surface area contributed by atoms with Crippen LogP contribution in [0.4, 0.5) is 22.0 Å². The third kappa shape index (κ3) is 8.53. The third-order valence-electron chi connectivity index (χ3n) is 5.19. The van der Waals surface area contributed by atoms with Crippen molar-refractivity contribution in [3.05, 3.63) is 71.0 Å². The molecule has 0 amide bonds. The van der Waals surface area contributed by atoms with E-state index < -0.39 is 23.4 Å². The maximum absolute atomic E-state index is 14.7. The van der Waals surface area contributed by atoms with Gasteiger partial charge in [-0.1, -0.05) is 18.2 Å². The van der Waals surface area contributed by atoms with Crippen LogP contribution in [0, 0.1) is 0 Å². The van der Waals surface area contributed by atoms with Gasteiger partial charge in [0, 0.05) is 43.5 Å². The first-order valence-corrected chi connectivity index (χ1v) is 10.9. The van der Waals surface area contributed by atoms with E-state index in [0.717, 1.165) is 18.4 Å². The van der Waals surface area contributed by atoms with Crippen molar-refractivity contribution in [3.63, 3.8) is 0 Å². The lowest BCUT2D eigenvalue weighted by Gasteiger charge is -2.44. The van der Waals surface area contributed by atoms with E-state index in [1.165, 1.54) is 25.1 Å². The largest absolute Gasteiger partial charge is 0.416 e. The monoisotopic (exact) mass is 501 g/mol. The maximum atomic E-state index is 14.7. The number of alkyl halides is 3. The number of hydrogen-bond acceptors (Lipinski definition) is 4. The fourth-order valence-corrected chi connectivity index (χ4v) is 3.76. The fraction of sp³-hybridized carbons (Fsp3) is 0.391. The zero-order valence-electron chi connectivity index (χ0n) is 19.1. The van der Waals surface area contributed by atoms with E-state index in [0.29, 0.717) is 25.2 Å². The van der Waals surface area contributed by atoms with Crippen molar-refractivity contribution in [1.29, 1.82) is 0 Å². The second kappa shape index (κ2) is 12.1. The summed E-state index contributed by atoms with van der Waals surface area (Å²) in [6.07, 6.45) is 0.451. The first kappa shape index (κ1) is 27.5. The highest BCUT2D eigenvalue weighted by Gasteiger charge is 2.32. The summed E-state index contributed by atoms with van der Waals surface area (Å²) in [5.74, 6) is -1.32. The number of hydrazone groups is 1. The predicted octanol–water partition coefficient (Wildman–Crippen LogP) is 5.03. The number of piperazine rings is 1. The standard InChI is InChI=1S/C23H28F5N5S/c1-15(24)9-19(11-30-31-22(29)34)21(25)7-8-32-12-16(2)33(17(3)13-32)14-18-5-4-6-20(10-18)23(26,27)28/h4-11,16-17H,12-14H2,1-3H3,(H3,29,31,34)/b8-7+,15-9+,21-19-,30-11+/t16-,17+. The molecular weight excluding hydrogens is 473 g/mol. The van der Waals surface area contributed by atoms with Crippen LogP contribution in [0.2, 0.25) is 0 Å². The minimum Gasteiger partial charge on any atom is -0.375 e. The van der Waals surface area contributed by atoms with Crippen LogP contribution in [-0.2, 0) is 12.7 Å². The van der Waals surface area contributed by atoms with Gasteiger partial charge in [-0.25, -0.2) is 8.78 Å². The van der Waals surface area contributed by atoms with Crippen LogP contribution < -0.4 is 11.2 Å². The first-order valence-electron chi connectivity index (χ1n) is 10.5. The molecule has 2 atom stereocenters. The third-order valence-corrected chi connectivity index (χ3v) is 5.28. The quantitative estimate of drug-likeness (QED) is 0.181. The molecule has 5 nitrogen and oxygen atoms in total. The Kier molecular flexibility index (Phi) is 9.75. The predicted molar refractivity (Wildman–Crippen MR) is 128 cm³/mol. The lowest BCUT2D eigenvalue weighted by atomic mass is 10.0. The molecule has 3 N–H and O–H groups in total. The Labute approximate surface area is 201 Å². The average molecular weight is 502 g/mol. The van der Waals surface area contributed by atoms with Crippen LogP contribution in [0.5, 0.6) is 0 Å². The van der Waals surface area contributed by atoms with Gasteiger partial charge < -0.3 is 10.6 Å². The SMILES string of the molecule is C\C(F)=C/C(/C=N/NC(N)=S)=C(F)\C=C\N1C[C@@H](C)N(Cc2cccc(C(F)(F)F)c2)[C@@H](C)C1. The van der Waals surface area contributed by atoms with Crippen LogP contribution in [0.15, 0.2) is 64.9 Å². The Morgan fingerprint density at radius 1 is 1.24 bits per heavy atom. The van der Waals surface area contributed by atoms with E-state index >= 15 is 0 Å². The van der Waals surface area contributed by atoms with Crippen molar-refractivity contribution in [2.75, 3.05) is 13.1 Å². The molecule has 1 aliphatic heterocycles. The number of halogens is 5. The second-order valence-electron chi connectivity index (χ2n) is 8.11. The number of benzene rings is 1. The number of nitrogens with two attached hydrogens (primary N) is 1. The van der Waals surface area contributed by atoms with Gasteiger partial charge in [0.05, 0.1) is 17.6 Å². The van der Waals surface area contributed by atoms with E-state index in [1.807, 2.05) is 18.7 Å². The van der Waals surface area contributed by atoms with Crippen LogP contribution in [0.25, 0.3) is 0 Å². The molecule has 0 unspecified atom stereocenters. The van der Waals surface area contributed by atoms with E-state index in [9.17, 15) is 22.0 Å². The summed E-state index contributed by atoms with van der Waals surface area (Å²) in [5.41, 5.74) is 7.34. The van der Waals surface area contributed by atoms with E-state index in [4.69, 9.17) is 5.73 Å².